The van der Waals surface area contributed by atoms with Gasteiger partial charge in [0.15, 0.2) is 0 Å². The number of aliphatic carboxylic acids is 1. The number of carboxylic acid groups (broad SMARTS) is 1. The summed E-state index contributed by atoms with van der Waals surface area (Å²) in [5, 5.41) is 11.9. The maximum atomic E-state index is 12.3. The van der Waals surface area contributed by atoms with Crippen molar-refractivity contribution < 1.29 is 19.5 Å². The van der Waals surface area contributed by atoms with Crippen LogP contribution in [0.1, 0.15) is 41.3 Å². The molecule has 1 aromatic carbocycles. The van der Waals surface area contributed by atoms with E-state index in [0.717, 1.165) is 17.5 Å². The topological polar surface area (TPSA) is 86.7 Å². The lowest BCUT2D eigenvalue weighted by Gasteiger charge is -2.36. The van der Waals surface area contributed by atoms with Crippen LogP contribution in [0, 0.1) is 19.8 Å². The highest BCUT2D eigenvalue weighted by molar-refractivity contribution is 5.97. The highest BCUT2D eigenvalue weighted by Gasteiger charge is 2.34. The first-order valence-electron chi connectivity index (χ1n) is 8.17. The molecule has 0 aliphatic carbocycles. The SMILES string of the molecule is Cc1ccc(C(=O)NCC(=O)N2CCC(C)CC2C(=O)O)cc1C. The highest BCUT2D eigenvalue weighted by Crippen LogP contribution is 2.22. The standard InChI is InChI=1S/C18H24N2O4/c1-11-6-7-20(15(8-11)18(23)24)16(21)10-19-17(22)14-5-4-12(2)13(3)9-14/h4-5,9,11,15H,6-8,10H2,1-3H3,(H,19,22)(H,23,24). The third kappa shape index (κ3) is 4.13. The largest absolute Gasteiger partial charge is 0.480 e. The van der Waals surface area contributed by atoms with E-state index in [-0.39, 0.29) is 24.3 Å². The van der Waals surface area contributed by atoms with Crippen LogP contribution in [0.25, 0.3) is 0 Å². The van der Waals surface area contributed by atoms with Crippen LogP contribution in [0.2, 0.25) is 0 Å². The Balaban J connectivity index is 1.97. The molecule has 1 aliphatic heterocycles. The molecule has 2 amide bonds. The maximum Gasteiger partial charge on any atom is 0.326 e. The lowest BCUT2D eigenvalue weighted by atomic mass is 9.92. The summed E-state index contributed by atoms with van der Waals surface area (Å²) in [4.78, 5) is 37.2. The minimum Gasteiger partial charge on any atom is -0.480 e. The molecule has 0 saturated carbocycles. The summed E-state index contributed by atoms with van der Waals surface area (Å²) in [6, 6.07) is 4.54. The van der Waals surface area contributed by atoms with Crippen LogP contribution in [0.3, 0.4) is 0 Å². The zero-order chi connectivity index (χ0) is 17.9. The number of carbonyl (C=O) groups is 3. The lowest BCUT2D eigenvalue weighted by Crippen LogP contribution is -2.52. The number of nitrogens with zero attached hydrogens (tertiary/aromatic N) is 1. The summed E-state index contributed by atoms with van der Waals surface area (Å²) in [6.45, 7) is 6.09. The zero-order valence-electron chi connectivity index (χ0n) is 14.3. The van der Waals surface area contributed by atoms with E-state index >= 15 is 0 Å². The summed E-state index contributed by atoms with van der Waals surface area (Å²) in [5.41, 5.74) is 2.59. The molecule has 6 heteroatoms. The van der Waals surface area contributed by atoms with Gasteiger partial charge >= 0.3 is 5.97 Å². The Labute approximate surface area is 141 Å². The minimum atomic E-state index is -0.990. The van der Waals surface area contributed by atoms with Crippen molar-refractivity contribution in [2.45, 2.75) is 39.7 Å². The molecular weight excluding hydrogens is 308 g/mol. The van der Waals surface area contributed by atoms with E-state index in [1.54, 1.807) is 12.1 Å². The molecule has 1 saturated heterocycles. The van der Waals surface area contributed by atoms with Crippen LogP contribution in [-0.4, -0.2) is 46.9 Å². The van der Waals surface area contributed by atoms with Crippen LogP contribution in [-0.2, 0) is 9.59 Å². The first kappa shape index (κ1) is 18.0. The fourth-order valence-electron chi connectivity index (χ4n) is 2.92. The summed E-state index contributed by atoms with van der Waals surface area (Å²) in [6.07, 6.45) is 1.23. The Morgan fingerprint density at radius 2 is 1.96 bits per heavy atom. The predicted octanol–water partition coefficient (Wildman–Crippen LogP) is 1.74. The fraction of sp³-hybridized carbons (Fsp3) is 0.500. The summed E-state index contributed by atoms with van der Waals surface area (Å²) < 4.78 is 0. The third-order valence-corrected chi connectivity index (χ3v) is 4.64. The molecule has 0 aromatic heterocycles. The van der Waals surface area contributed by atoms with Gasteiger partial charge in [-0.3, -0.25) is 9.59 Å². The van der Waals surface area contributed by atoms with E-state index in [1.807, 2.05) is 26.8 Å². The molecule has 2 atom stereocenters. The van der Waals surface area contributed by atoms with Gasteiger partial charge in [-0.05, 0) is 55.9 Å². The van der Waals surface area contributed by atoms with Crippen molar-refractivity contribution in [1.82, 2.24) is 10.2 Å². The number of nitrogens with one attached hydrogen (secondary N) is 1. The normalized spacial score (nSPS) is 20.5. The minimum absolute atomic E-state index is 0.191. The molecule has 24 heavy (non-hydrogen) atoms. The average Bonchev–Trinajstić information content (AvgIpc) is 2.54. The van der Waals surface area contributed by atoms with Gasteiger partial charge in [-0.15, -0.1) is 0 Å². The predicted molar refractivity (Wildman–Crippen MR) is 89.8 cm³/mol. The molecule has 0 bridgehead atoms. The number of carbonyl (C=O) groups excluding carboxylic acids is 2. The van der Waals surface area contributed by atoms with Gasteiger partial charge in [0.2, 0.25) is 5.91 Å². The van der Waals surface area contributed by atoms with Gasteiger partial charge in [0.05, 0.1) is 6.54 Å². The molecule has 1 aromatic rings. The van der Waals surface area contributed by atoms with Gasteiger partial charge < -0.3 is 15.3 Å². The number of hydrogen-bond acceptors (Lipinski definition) is 3. The third-order valence-electron chi connectivity index (χ3n) is 4.64. The van der Waals surface area contributed by atoms with E-state index in [0.29, 0.717) is 18.5 Å². The highest BCUT2D eigenvalue weighted by atomic mass is 16.4. The number of piperidine rings is 1. The number of rotatable bonds is 4. The van der Waals surface area contributed by atoms with E-state index < -0.39 is 12.0 Å². The van der Waals surface area contributed by atoms with E-state index in [4.69, 9.17) is 0 Å². The number of benzene rings is 1. The number of carboxylic acids is 1. The van der Waals surface area contributed by atoms with Crippen LogP contribution >= 0.6 is 0 Å². The monoisotopic (exact) mass is 332 g/mol. The summed E-state index contributed by atoms with van der Waals surface area (Å²) >= 11 is 0. The molecule has 0 spiro atoms. The zero-order valence-corrected chi connectivity index (χ0v) is 14.3. The molecule has 1 heterocycles. The van der Waals surface area contributed by atoms with Gasteiger partial charge in [-0.2, -0.15) is 0 Å². The second kappa shape index (κ2) is 7.47. The van der Waals surface area contributed by atoms with Crippen molar-refractivity contribution in [1.29, 1.82) is 0 Å². The van der Waals surface area contributed by atoms with Crippen LogP contribution < -0.4 is 5.32 Å². The molecule has 1 aliphatic rings. The van der Waals surface area contributed by atoms with Crippen molar-refractivity contribution in [3.05, 3.63) is 34.9 Å². The summed E-state index contributed by atoms with van der Waals surface area (Å²) in [7, 11) is 0. The maximum absolute atomic E-state index is 12.3. The van der Waals surface area contributed by atoms with Crippen LogP contribution in [0.4, 0.5) is 0 Å². The second-order valence-electron chi connectivity index (χ2n) is 6.55. The Morgan fingerprint density at radius 3 is 2.58 bits per heavy atom. The summed E-state index contributed by atoms with van der Waals surface area (Å²) in [5.74, 6) is -1.40. The van der Waals surface area contributed by atoms with Gasteiger partial charge in [-0.1, -0.05) is 13.0 Å². The Hall–Kier alpha value is -2.37. The van der Waals surface area contributed by atoms with Crippen molar-refractivity contribution in [2.24, 2.45) is 5.92 Å². The van der Waals surface area contributed by atoms with Crippen molar-refractivity contribution in [3.8, 4) is 0 Å². The Morgan fingerprint density at radius 1 is 1.25 bits per heavy atom. The van der Waals surface area contributed by atoms with E-state index in [9.17, 15) is 19.5 Å². The quantitative estimate of drug-likeness (QED) is 0.879. The molecule has 2 N–H and O–H groups in total. The Kier molecular flexibility index (Phi) is 5.59. The van der Waals surface area contributed by atoms with E-state index in [1.165, 1.54) is 4.90 Å². The first-order valence-corrected chi connectivity index (χ1v) is 8.17. The molecule has 6 nitrogen and oxygen atoms in total. The number of amides is 2. The molecular formula is C18H24N2O4. The molecule has 0 radical (unpaired) electrons. The number of likely N-dealkylation sites (tertiary alicyclic amines) is 1. The lowest BCUT2D eigenvalue weighted by molar-refractivity contribution is -0.152. The molecule has 1 fully saturated rings. The van der Waals surface area contributed by atoms with Crippen molar-refractivity contribution in [2.75, 3.05) is 13.1 Å². The number of hydrogen-bond donors (Lipinski definition) is 2. The molecule has 2 rings (SSSR count). The van der Waals surface area contributed by atoms with E-state index in [2.05, 4.69) is 5.32 Å². The number of aryl methyl sites for hydroxylation is 2. The van der Waals surface area contributed by atoms with Gasteiger partial charge in [0, 0.05) is 12.1 Å². The smallest absolute Gasteiger partial charge is 0.326 e. The molecule has 130 valence electrons. The van der Waals surface area contributed by atoms with Crippen molar-refractivity contribution in [3.63, 3.8) is 0 Å². The first-order chi connectivity index (χ1) is 11.3. The van der Waals surface area contributed by atoms with Crippen LogP contribution in [0.5, 0.6) is 0 Å². The van der Waals surface area contributed by atoms with Gasteiger partial charge in [-0.25, -0.2) is 4.79 Å². The van der Waals surface area contributed by atoms with Crippen molar-refractivity contribution >= 4 is 17.8 Å². The van der Waals surface area contributed by atoms with Gasteiger partial charge in [0.25, 0.3) is 5.91 Å². The van der Waals surface area contributed by atoms with Gasteiger partial charge in [0.1, 0.15) is 6.04 Å². The average molecular weight is 332 g/mol. The Bertz CT molecular complexity index is 656. The second-order valence-corrected chi connectivity index (χ2v) is 6.55. The van der Waals surface area contributed by atoms with Crippen LogP contribution in [0.15, 0.2) is 18.2 Å². The fourth-order valence-corrected chi connectivity index (χ4v) is 2.92. The molecule has 2 unspecified atom stereocenters.